The smallest absolute Gasteiger partial charge is 0.260 e. The summed E-state index contributed by atoms with van der Waals surface area (Å²) in [5.41, 5.74) is 4.78. The van der Waals surface area contributed by atoms with Crippen LogP contribution in [0.3, 0.4) is 0 Å². The predicted octanol–water partition coefficient (Wildman–Crippen LogP) is 5.81. The van der Waals surface area contributed by atoms with Gasteiger partial charge in [0.2, 0.25) is 0 Å². The largest absolute Gasteiger partial charge is 0.321 e. The van der Waals surface area contributed by atoms with Gasteiger partial charge in [-0.25, -0.2) is 4.68 Å². The molecule has 4 nitrogen and oxygen atoms in total. The minimum atomic E-state index is -0.268. The number of anilines is 1. The summed E-state index contributed by atoms with van der Waals surface area (Å²) in [6.07, 6.45) is 0. The van der Waals surface area contributed by atoms with Crippen molar-refractivity contribution in [1.29, 1.82) is 0 Å². The number of halogens is 1. The number of carbonyl (C=O) groups excluding carboxylic acids is 1. The van der Waals surface area contributed by atoms with Crippen LogP contribution < -0.4 is 5.32 Å². The van der Waals surface area contributed by atoms with Crippen LogP contribution in [0.5, 0.6) is 0 Å². The van der Waals surface area contributed by atoms with Crippen molar-refractivity contribution in [1.82, 2.24) is 9.78 Å². The Morgan fingerprint density at radius 3 is 2.28 bits per heavy atom. The number of hydrogen-bond acceptors (Lipinski definition) is 2. The van der Waals surface area contributed by atoms with Crippen molar-refractivity contribution >= 4 is 23.2 Å². The molecule has 0 spiro atoms. The summed E-state index contributed by atoms with van der Waals surface area (Å²) in [7, 11) is 0. The highest BCUT2D eigenvalue weighted by atomic mass is 35.5. The van der Waals surface area contributed by atoms with Gasteiger partial charge in [0.1, 0.15) is 5.15 Å². The molecule has 0 radical (unpaired) electrons. The van der Waals surface area contributed by atoms with Crippen molar-refractivity contribution in [2.75, 3.05) is 5.32 Å². The number of aryl methyl sites for hydroxylation is 1. The van der Waals surface area contributed by atoms with E-state index in [0.717, 1.165) is 22.4 Å². The van der Waals surface area contributed by atoms with E-state index in [4.69, 9.17) is 11.6 Å². The van der Waals surface area contributed by atoms with E-state index in [1.807, 2.05) is 84.9 Å². The van der Waals surface area contributed by atoms with Crippen molar-refractivity contribution in [3.05, 3.63) is 107 Å². The average Bonchev–Trinajstić information content (AvgIpc) is 3.03. The molecule has 0 saturated heterocycles. The Balaban J connectivity index is 1.62. The lowest BCUT2D eigenvalue weighted by molar-refractivity contribution is 0.102. The van der Waals surface area contributed by atoms with E-state index in [9.17, 15) is 4.79 Å². The fraction of sp³-hybridized carbons (Fsp3) is 0.0833. The fourth-order valence-electron chi connectivity index (χ4n) is 3.32. The summed E-state index contributed by atoms with van der Waals surface area (Å²) in [5.74, 6) is -0.268. The number of nitrogens with one attached hydrogen (secondary N) is 1. The van der Waals surface area contributed by atoms with Gasteiger partial charge in [0, 0.05) is 11.3 Å². The van der Waals surface area contributed by atoms with Gasteiger partial charge in [-0.1, -0.05) is 90.5 Å². The first-order valence-corrected chi connectivity index (χ1v) is 9.74. The van der Waals surface area contributed by atoms with Crippen LogP contribution >= 0.6 is 11.6 Å². The van der Waals surface area contributed by atoms with Crippen LogP contribution in [0.15, 0.2) is 84.9 Å². The van der Waals surface area contributed by atoms with Gasteiger partial charge in [-0.05, 0) is 24.1 Å². The number of rotatable bonds is 5. The van der Waals surface area contributed by atoms with Crippen molar-refractivity contribution in [3.8, 4) is 11.1 Å². The number of aromatic nitrogens is 2. The first-order valence-electron chi connectivity index (χ1n) is 9.36. The molecule has 0 unspecified atom stereocenters. The summed E-state index contributed by atoms with van der Waals surface area (Å²) < 4.78 is 1.66. The van der Waals surface area contributed by atoms with E-state index in [-0.39, 0.29) is 5.91 Å². The first-order chi connectivity index (χ1) is 14.1. The zero-order chi connectivity index (χ0) is 20.2. The SMILES string of the molecule is Cc1nn(Cc2ccccc2)c(Cl)c1C(=O)Nc1ccccc1-c1ccccc1. The Morgan fingerprint density at radius 2 is 1.55 bits per heavy atom. The molecular weight excluding hydrogens is 382 g/mol. The summed E-state index contributed by atoms with van der Waals surface area (Å²) in [6, 6.07) is 27.6. The van der Waals surface area contributed by atoms with E-state index in [0.29, 0.717) is 23.0 Å². The number of carbonyl (C=O) groups is 1. The number of hydrogen-bond donors (Lipinski definition) is 1. The molecule has 0 saturated carbocycles. The van der Waals surface area contributed by atoms with Crippen molar-refractivity contribution in [2.24, 2.45) is 0 Å². The van der Waals surface area contributed by atoms with Gasteiger partial charge in [0.05, 0.1) is 17.8 Å². The highest BCUT2D eigenvalue weighted by Crippen LogP contribution is 2.29. The molecule has 0 atom stereocenters. The maximum absolute atomic E-state index is 13.1. The van der Waals surface area contributed by atoms with Crippen LogP contribution in [0.1, 0.15) is 21.6 Å². The predicted molar refractivity (Wildman–Crippen MR) is 117 cm³/mol. The summed E-state index contributed by atoms with van der Waals surface area (Å²) >= 11 is 6.54. The van der Waals surface area contributed by atoms with Gasteiger partial charge >= 0.3 is 0 Å². The van der Waals surface area contributed by atoms with Crippen LogP contribution in [0.2, 0.25) is 5.15 Å². The second kappa shape index (κ2) is 8.33. The lowest BCUT2D eigenvalue weighted by atomic mass is 10.0. The topological polar surface area (TPSA) is 46.9 Å². The van der Waals surface area contributed by atoms with E-state index in [1.165, 1.54) is 0 Å². The summed E-state index contributed by atoms with van der Waals surface area (Å²) in [5, 5.41) is 7.81. The Bertz CT molecular complexity index is 1140. The number of amides is 1. The molecule has 144 valence electrons. The zero-order valence-corrected chi connectivity index (χ0v) is 16.7. The Morgan fingerprint density at radius 1 is 0.931 bits per heavy atom. The van der Waals surface area contributed by atoms with E-state index >= 15 is 0 Å². The van der Waals surface area contributed by atoms with E-state index in [2.05, 4.69) is 10.4 Å². The minimum Gasteiger partial charge on any atom is -0.321 e. The molecule has 1 heterocycles. The third kappa shape index (κ3) is 4.08. The van der Waals surface area contributed by atoms with Crippen LogP contribution in [-0.4, -0.2) is 15.7 Å². The third-order valence-electron chi connectivity index (χ3n) is 4.73. The number of para-hydroxylation sites is 1. The maximum Gasteiger partial charge on any atom is 0.260 e. The van der Waals surface area contributed by atoms with Crippen LogP contribution in [-0.2, 0) is 6.54 Å². The van der Waals surface area contributed by atoms with Crippen LogP contribution in [0.25, 0.3) is 11.1 Å². The van der Waals surface area contributed by atoms with Gasteiger partial charge in [-0.2, -0.15) is 5.10 Å². The normalized spacial score (nSPS) is 10.7. The fourth-order valence-corrected chi connectivity index (χ4v) is 3.64. The average molecular weight is 402 g/mol. The molecule has 1 N–H and O–H groups in total. The number of nitrogens with zero attached hydrogens (tertiary/aromatic N) is 2. The molecule has 29 heavy (non-hydrogen) atoms. The van der Waals surface area contributed by atoms with Crippen molar-refractivity contribution in [2.45, 2.75) is 13.5 Å². The van der Waals surface area contributed by atoms with Gasteiger partial charge in [0.15, 0.2) is 0 Å². The molecule has 4 aromatic rings. The van der Waals surface area contributed by atoms with Crippen LogP contribution in [0.4, 0.5) is 5.69 Å². The second-order valence-corrected chi connectivity index (χ2v) is 7.12. The molecule has 0 aliphatic carbocycles. The van der Waals surface area contributed by atoms with Crippen LogP contribution in [0, 0.1) is 6.92 Å². The van der Waals surface area contributed by atoms with Gasteiger partial charge in [-0.3, -0.25) is 4.79 Å². The Kier molecular flexibility index (Phi) is 5.45. The van der Waals surface area contributed by atoms with E-state index in [1.54, 1.807) is 11.6 Å². The van der Waals surface area contributed by atoms with Gasteiger partial charge in [0.25, 0.3) is 5.91 Å². The molecule has 0 fully saturated rings. The Labute approximate surface area is 174 Å². The highest BCUT2D eigenvalue weighted by Gasteiger charge is 2.21. The maximum atomic E-state index is 13.1. The molecule has 3 aromatic carbocycles. The van der Waals surface area contributed by atoms with Gasteiger partial charge < -0.3 is 5.32 Å². The quantitative estimate of drug-likeness (QED) is 0.458. The molecule has 4 rings (SSSR count). The lowest BCUT2D eigenvalue weighted by Gasteiger charge is -2.11. The molecule has 0 aliphatic heterocycles. The molecule has 1 amide bonds. The molecule has 0 aliphatic rings. The minimum absolute atomic E-state index is 0.268. The summed E-state index contributed by atoms with van der Waals surface area (Å²) in [6.45, 7) is 2.31. The van der Waals surface area contributed by atoms with Crippen molar-refractivity contribution in [3.63, 3.8) is 0 Å². The lowest BCUT2D eigenvalue weighted by Crippen LogP contribution is -2.14. The second-order valence-electron chi connectivity index (χ2n) is 6.76. The van der Waals surface area contributed by atoms with E-state index < -0.39 is 0 Å². The zero-order valence-electron chi connectivity index (χ0n) is 16.0. The molecule has 5 heteroatoms. The molecule has 1 aromatic heterocycles. The first kappa shape index (κ1) is 19.0. The monoisotopic (exact) mass is 401 g/mol. The van der Waals surface area contributed by atoms with Gasteiger partial charge in [-0.15, -0.1) is 0 Å². The van der Waals surface area contributed by atoms with Crippen molar-refractivity contribution < 1.29 is 4.79 Å². The molecule has 0 bridgehead atoms. The molecular formula is C24H20ClN3O. The summed E-state index contributed by atoms with van der Waals surface area (Å²) in [4.78, 5) is 13.1. The third-order valence-corrected chi connectivity index (χ3v) is 5.11. The highest BCUT2D eigenvalue weighted by molar-refractivity contribution is 6.33. The Hall–Kier alpha value is -3.37. The standard InChI is InChI=1S/C24H20ClN3O/c1-17-22(23(25)28(27-17)16-18-10-4-2-5-11-18)24(29)26-21-15-9-8-14-20(21)19-12-6-3-7-13-19/h2-15H,16H2,1H3,(H,26,29). The number of benzene rings is 3.